The van der Waals surface area contributed by atoms with Gasteiger partial charge >= 0.3 is 0 Å². The van der Waals surface area contributed by atoms with Crippen molar-refractivity contribution < 1.29 is 23.7 Å². The van der Waals surface area contributed by atoms with E-state index in [2.05, 4.69) is 4.98 Å². The molecule has 0 amide bonds. The third kappa shape index (κ3) is 4.78. The Kier molecular flexibility index (Phi) is 6.70. The molecule has 0 saturated carbocycles. The zero-order valence-corrected chi connectivity index (χ0v) is 17.3. The first kappa shape index (κ1) is 20.9. The summed E-state index contributed by atoms with van der Waals surface area (Å²) in [7, 11) is 6.29. The van der Waals surface area contributed by atoms with Crippen molar-refractivity contribution in [1.82, 2.24) is 4.98 Å². The van der Waals surface area contributed by atoms with E-state index < -0.39 is 0 Å². The van der Waals surface area contributed by atoms with Crippen LogP contribution in [0.25, 0.3) is 17.3 Å². The Bertz CT molecular complexity index is 1050. The Balaban J connectivity index is 1.85. The largest absolute Gasteiger partial charge is 0.497 e. The van der Waals surface area contributed by atoms with Crippen LogP contribution in [0.15, 0.2) is 60.7 Å². The Hall–Kier alpha value is -3.80. The minimum atomic E-state index is -0.161. The molecule has 3 aromatic rings. The quantitative estimate of drug-likeness (QED) is 0.400. The monoisotopic (exact) mass is 405 g/mol. The third-order valence-electron chi connectivity index (χ3n) is 4.49. The van der Waals surface area contributed by atoms with E-state index in [1.807, 2.05) is 30.3 Å². The van der Waals surface area contributed by atoms with E-state index in [1.165, 1.54) is 13.2 Å². The molecule has 0 fully saturated rings. The van der Waals surface area contributed by atoms with E-state index in [9.17, 15) is 4.79 Å². The topological polar surface area (TPSA) is 66.9 Å². The first-order valence-electron chi connectivity index (χ1n) is 9.23. The summed E-state index contributed by atoms with van der Waals surface area (Å²) in [6.45, 7) is 0. The van der Waals surface area contributed by atoms with Crippen LogP contribution in [0.1, 0.15) is 16.1 Å². The van der Waals surface area contributed by atoms with Crippen LogP contribution >= 0.6 is 0 Å². The van der Waals surface area contributed by atoms with Gasteiger partial charge in [-0.1, -0.05) is 6.07 Å². The molecule has 1 aromatic heterocycles. The fourth-order valence-corrected chi connectivity index (χ4v) is 2.91. The first-order valence-corrected chi connectivity index (χ1v) is 9.23. The van der Waals surface area contributed by atoms with Gasteiger partial charge < -0.3 is 18.9 Å². The molecule has 2 aromatic carbocycles. The van der Waals surface area contributed by atoms with Crippen molar-refractivity contribution in [3.05, 3.63) is 71.9 Å². The molecule has 0 aliphatic carbocycles. The maximum Gasteiger partial charge on any atom is 0.186 e. The minimum Gasteiger partial charge on any atom is -0.497 e. The van der Waals surface area contributed by atoms with Crippen LogP contribution in [-0.4, -0.2) is 39.2 Å². The van der Waals surface area contributed by atoms with Crippen molar-refractivity contribution in [3.8, 4) is 34.3 Å². The normalized spacial score (nSPS) is 10.7. The van der Waals surface area contributed by atoms with E-state index in [4.69, 9.17) is 18.9 Å². The van der Waals surface area contributed by atoms with Crippen LogP contribution in [0, 0.1) is 0 Å². The molecule has 30 heavy (non-hydrogen) atoms. The van der Waals surface area contributed by atoms with Crippen molar-refractivity contribution in [2.75, 3.05) is 28.4 Å². The van der Waals surface area contributed by atoms with E-state index >= 15 is 0 Å². The molecule has 0 N–H and O–H groups in total. The van der Waals surface area contributed by atoms with Crippen LogP contribution in [0.3, 0.4) is 0 Å². The second-order valence-electron chi connectivity index (χ2n) is 6.32. The summed E-state index contributed by atoms with van der Waals surface area (Å²) in [6, 6.07) is 16.2. The van der Waals surface area contributed by atoms with Gasteiger partial charge in [-0.05, 0) is 54.6 Å². The zero-order chi connectivity index (χ0) is 21.5. The summed E-state index contributed by atoms with van der Waals surface area (Å²) in [5, 5.41) is 0. The average molecular weight is 405 g/mol. The van der Waals surface area contributed by atoms with Gasteiger partial charge in [-0.3, -0.25) is 4.79 Å². The van der Waals surface area contributed by atoms with Gasteiger partial charge in [-0.25, -0.2) is 4.98 Å². The minimum absolute atomic E-state index is 0.161. The van der Waals surface area contributed by atoms with E-state index in [-0.39, 0.29) is 5.78 Å². The van der Waals surface area contributed by atoms with Gasteiger partial charge in [0.2, 0.25) is 0 Å². The number of methoxy groups -OCH3 is 4. The van der Waals surface area contributed by atoms with Gasteiger partial charge in [0.1, 0.15) is 11.5 Å². The van der Waals surface area contributed by atoms with Crippen LogP contribution in [0.5, 0.6) is 23.0 Å². The van der Waals surface area contributed by atoms with Crippen molar-refractivity contribution in [2.24, 2.45) is 0 Å². The van der Waals surface area contributed by atoms with Gasteiger partial charge in [-0.15, -0.1) is 0 Å². The number of aromatic nitrogens is 1. The standard InChI is InChI=1S/C24H23NO5/c1-27-19-12-17(13-20(15-19)28-2)21-7-5-6-18(25-21)9-10-22(26)16-8-11-23(29-3)24(14-16)30-4/h5-15H,1-4H3. The lowest BCUT2D eigenvalue weighted by molar-refractivity contribution is 0.104. The van der Waals surface area contributed by atoms with E-state index in [0.29, 0.717) is 34.3 Å². The summed E-state index contributed by atoms with van der Waals surface area (Å²) in [6.07, 6.45) is 3.17. The van der Waals surface area contributed by atoms with Crippen molar-refractivity contribution >= 4 is 11.9 Å². The van der Waals surface area contributed by atoms with Crippen LogP contribution in [0.2, 0.25) is 0 Å². The number of hydrogen-bond donors (Lipinski definition) is 0. The fraction of sp³-hybridized carbons (Fsp3) is 0.167. The molecule has 3 rings (SSSR count). The molecule has 1 heterocycles. The highest BCUT2D eigenvalue weighted by molar-refractivity contribution is 6.07. The second kappa shape index (κ2) is 9.60. The van der Waals surface area contributed by atoms with E-state index in [0.717, 1.165) is 11.3 Å². The summed E-state index contributed by atoms with van der Waals surface area (Å²) in [4.78, 5) is 17.2. The van der Waals surface area contributed by atoms with Crippen molar-refractivity contribution in [2.45, 2.75) is 0 Å². The molecule has 6 nitrogen and oxygen atoms in total. The van der Waals surface area contributed by atoms with Crippen LogP contribution < -0.4 is 18.9 Å². The predicted octanol–water partition coefficient (Wildman–Crippen LogP) is 4.68. The van der Waals surface area contributed by atoms with Gasteiger partial charge in [0, 0.05) is 17.2 Å². The lowest BCUT2D eigenvalue weighted by atomic mass is 10.1. The SMILES string of the molecule is COc1cc(OC)cc(-c2cccc(C=CC(=O)c3ccc(OC)c(OC)c3)n2)c1. The van der Waals surface area contributed by atoms with Gasteiger partial charge in [0.15, 0.2) is 17.3 Å². The highest BCUT2D eigenvalue weighted by Crippen LogP contribution is 2.29. The molecular formula is C24H23NO5. The molecule has 0 aliphatic heterocycles. The van der Waals surface area contributed by atoms with Gasteiger partial charge in [0.05, 0.1) is 39.8 Å². The number of ether oxygens (including phenoxy) is 4. The third-order valence-corrected chi connectivity index (χ3v) is 4.49. The number of nitrogens with zero attached hydrogens (tertiary/aromatic N) is 1. The molecule has 154 valence electrons. The van der Waals surface area contributed by atoms with Crippen molar-refractivity contribution in [1.29, 1.82) is 0 Å². The molecule has 0 atom stereocenters. The molecule has 0 unspecified atom stereocenters. The van der Waals surface area contributed by atoms with Crippen LogP contribution in [0.4, 0.5) is 0 Å². The summed E-state index contributed by atoms with van der Waals surface area (Å²) >= 11 is 0. The first-order chi connectivity index (χ1) is 14.6. The number of pyridine rings is 1. The molecule has 0 aliphatic rings. The maximum absolute atomic E-state index is 12.6. The molecular weight excluding hydrogens is 382 g/mol. The number of ketones is 1. The maximum atomic E-state index is 12.6. The lowest BCUT2D eigenvalue weighted by Crippen LogP contribution is -1.97. The highest BCUT2D eigenvalue weighted by atomic mass is 16.5. The number of carbonyl (C=O) groups is 1. The number of rotatable bonds is 8. The van der Waals surface area contributed by atoms with Gasteiger partial charge in [0.25, 0.3) is 0 Å². The van der Waals surface area contributed by atoms with Crippen molar-refractivity contribution in [3.63, 3.8) is 0 Å². The average Bonchev–Trinajstić information content (AvgIpc) is 2.81. The van der Waals surface area contributed by atoms with Gasteiger partial charge in [-0.2, -0.15) is 0 Å². The molecule has 0 spiro atoms. The lowest BCUT2D eigenvalue weighted by Gasteiger charge is -2.09. The predicted molar refractivity (Wildman–Crippen MR) is 116 cm³/mol. The molecule has 0 radical (unpaired) electrons. The number of benzene rings is 2. The second-order valence-corrected chi connectivity index (χ2v) is 6.32. The smallest absolute Gasteiger partial charge is 0.186 e. The molecule has 0 saturated heterocycles. The zero-order valence-electron chi connectivity index (χ0n) is 17.3. The Morgan fingerprint density at radius 2 is 1.50 bits per heavy atom. The fourth-order valence-electron chi connectivity index (χ4n) is 2.91. The Morgan fingerprint density at radius 3 is 2.13 bits per heavy atom. The number of allylic oxidation sites excluding steroid dienone is 1. The molecule has 0 bridgehead atoms. The Labute approximate surface area is 175 Å². The highest BCUT2D eigenvalue weighted by Gasteiger charge is 2.09. The van der Waals surface area contributed by atoms with Crippen LogP contribution in [-0.2, 0) is 0 Å². The summed E-state index contributed by atoms with van der Waals surface area (Å²) in [5.74, 6) is 2.27. The number of carbonyl (C=O) groups excluding carboxylic acids is 1. The number of hydrogen-bond acceptors (Lipinski definition) is 6. The Morgan fingerprint density at radius 1 is 0.800 bits per heavy atom. The molecule has 6 heteroatoms. The summed E-state index contributed by atoms with van der Waals surface area (Å²) < 4.78 is 21.1. The summed E-state index contributed by atoms with van der Waals surface area (Å²) in [5.41, 5.74) is 2.75. The van der Waals surface area contributed by atoms with E-state index in [1.54, 1.807) is 51.7 Å².